The molecule has 28 heavy (non-hydrogen) atoms. The number of benzene rings is 1. The minimum Gasteiger partial charge on any atom is -0.368 e. The van der Waals surface area contributed by atoms with Crippen LogP contribution in [0.15, 0.2) is 29.2 Å². The lowest BCUT2D eigenvalue weighted by atomic mass is 10.0. The molecule has 3 N–H and O–H groups in total. The summed E-state index contributed by atoms with van der Waals surface area (Å²) in [4.78, 5) is 25.6. The van der Waals surface area contributed by atoms with Crippen molar-refractivity contribution in [3.8, 4) is 11.3 Å². The first-order valence-corrected chi connectivity index (χ1v) is 10.1. The molecule has 0 bridgehead atoms. The maximum Gasteiger partial charge on any atom is 0.278 e. The van der Waals surface area contributed by atoms with Crippen molar-refractivity contribution in [2.75, 3.05) is 10.5 Å². The third kappa shape index (κ3) is 3.42. The van der Waals surface area contributed by atoms with Crippen LogP contribution in [0, 0.1) is 5.82 Å². The fourth-order valence-electron chi connectivity index (χ4n) is 3.06. The fraction of sp³-hybridized carbons (Fsp3) is 0.368. The Balaban J connectivity index is 1.76. The van der Waals surface area contributed by atoms with Crippen molar-refractivity contribution in [2.45, 2.75) is 44.4 Å². The summed E-state index contributed by atoms with van der Waals surface area (Å²) < 4.78 is 19.2. The monoisotopic (exact) mass is 400 g/mol. The van der Waals surface area contributed by atoms with Crippen LogP contribution in [-0.2, 0) is 0 Å². The van der Waals surface area contributed by atoms with Gasteiger partial charge in [0.1, 0.15) is 17.0 Å². The highest BCUT2D eigenvalue weighted by molar-refractivity contribution is 8.01. The lowest BCUT2D eigenvalue weighted by molar-refractivity contribution is 0.523. The van der Waals surface area contributed by atoms with E-state index in [1.807, 2.05) is 13.8 Å². The van der Waals surface area contributed by atoms with Crippen LogP contribution in [0.5, 0.6) is 0 Å². The Morgan fingerprint density at radius 3 is 2.75 bits per heavy atom. The molecular weight excluding hydrogens is 379 g/mol. The van der Waals surface area contributed by atoms with E-state index in [1.165, 1.54) is 23.3 Å². The smallest absolute Gasteiger partial charge is 0.278 e. The van der Waals surface area contributed by atoms with Gasteiger partial charge >= 0.3 is 0 Å². The van der Waals surface area contributed by atoms with E-state index in [0.717, 1.165) is 12.8 Å². The molecule has 1 fully saturated rings. The van der Waals surface area contributed by atoms with Crippen molar-refractivity contribution in [3.63, 3.8) is 0 Å². The third-order valence-corrected chi connectivity index (χ3v) is 5.94. The number of halogens is 1. The fourth-order valence-corrected chi connectivity index (χ4v) is 4.09. The average molecular weight is 400 g/mol. The topological polar surface area (TPSA) is 98.7 Å². The van der Waals surface area contributed by atoms with Crippen molar-refractivity contribution in [1.82, 2.24) is 19.5 Å². The average Bonchev–Trinajstić information content (AvgIpc) is 2.60. The molecule has 0 atom stereocenters. The predicted octanol–water partition coefficient (Wildman–Crippen LogP) is 3.77. The molecule has 7 nitrogen and oxygen atoms in total. The Labute approximate surface area is 165 Å². The molecule has 3 aromatic rings. The summed E-state index contributed by atoms with van der Waals surface area (Å²) in [5, 5.41) is 0.534. The summed E-state index contributed by atoms with van der Waals surface area (Å²) in [6.45, 7) is 3.74. The normalized spacial score (nSPS) is 14.4. The molecule has 0 spiro atoms. The zero-order valence-electron chi connectivity index (χ0n) is 15.6. The van der Waals surface area contributed by atoms with Gasteiger partial charge in [0.2, 0.25) is 5.95 Å². The highest BCUT2D eigenvalue weighted by atomic mass is 32.2. The quantitative estimate of drug-likeness (QED) is 0.629. The minimum absolute atomic E-state index is 0.0706. The van der Waals surface area contributed by atoms with Gasteiger partial charge < -0.3 is 10.5 Å². The van der Waals surface area contributed by atoms with Gasteiger partial charge in [-0.1, -0.05) is 12.5 Å². The second-order valence-corrected chi connectivity index (χ2v) is 8.24. The first-order chi connectivity index (χ1) is 13.4. The van der Waals surface area contributed by atoms with Crippen molar-refractivity contribution >= 4 is 34.7 Å². The second-order valence-electron chi connectivity index (χ2n) is 7.13. The van der Waals surface area contributed by atoms with Gasteiger partial charge in [-0.3, -0.25) is 9.36 Å². The van der Waals surface area contributed by atoms with E-state index in [2.05, 4.69) is 19.7 Å². The molecule has 0 unspecified atom stereocenters. The number of hydrogen-bond donors (Lipinski definition) is 2. The van der Waals surface area contributed by atoms with Crippen LogP contribution >= 0.6 is 11.9 Å². The summed E-state index contributed by atoms with van der Waals surface area (Å²) in [6, 6.07) is 4.50. The summed E-state index contributed by atoms with van der Waals surface area (Å²) in [6.07, 6.45) is 5.01. The number of nitrogens with one attached hydrogen (secondary N) is 1. The molecule has 1 saturated carbocycles. The molecule has 1 aliphatic rings. The number of nitrogens with two attached hydrogens (primary N) is 1. The van der Waals surface area contributed by atoms with Crippen LogP contribution in [0.3, 0.4) is 0 Å². The van der Waals surface area contributed by atoms with Crippen molar-refractivity contribution < 1.29 is 4.39 Å². The molecule has 0 amide bonds. The van der Waals surface area contributed by atoms with E-state index in [9.17, 15) is 9.18 Å². The zero-order chi connectivity index (χ0) is 19.8. The van der Waals surface area contributed by atoms with Gasteiger partial charge in [-0.05, 0) is 50.8 Å². The third-order valence-electron chi connectivity index (χ3n) is 4.80. The number of nitrogen functional groups attached to an aromatic ring is 1. The highest BCUT2D eigenvalue weighted by Gasteiger charge is 2.20. The van der Waals surface area contributed by atoms with Gasteiger partial charge in [-0.25, -0.2) is 14.4 Å². The minimum atomic E-state index is -0.421. The van der Waals surface area contributed by atoms with Gasteiger partial charge in [-0.2, -0.15) is 4.98 Å². The maximum atomic E-state index is 14.6. The first kappa shape index (κ1) is 18.7. The van der Waals surface area contributed by atoms with Crippen LogP contribution in [0.2, 0.25) is 0 Å². The standard InChI is InChI=1S/C19H21FN6OS/c1-10(2)26-17-15(9-22-19(21)24-17)23-16(18(26)27)11-6-7-14(13(20)8-11)25-28-12-4-3-5-12/h6-10,12,25H,3-5H2,1-2H3,(H2,21,22,24). The Morgan fingerprint density at radius 1 is 1.32 bits per heavy atom. The predicted molar refractivity (Wildman–Crippen MR) is 111 cm³/mol. The second kappa shape index (κ2) is 7.38. The summed E-state index contributed by atoms with van der Waals surface area (Å²) in [7, 11) is 0. The van der Waals surface area contributed by atoms with Crippen LogP contribution in [0.1, 0.15) is 39.2 Å². The SMILES string of the molecule is CC(C)n1c(=O)c(-c2ccc(NSC3CCC3)c(F)c2)nc2cnc(N)nc21. The molecule has 146 valence electrons. The van der Waals surface area contributed by atoms with Gasteiger partial charge in [0.25, 0.3) is 5.56 Å². The lowest BCUT2D eigenvalue weighted by Crippen LogP contribution is -2.26. The first-order valence-electron chi connectivity index (χ1n) is 9.20. The van der Waals surface area contributed by atoms with Gasteiger partial charge in [-0.15, -0.1) is 0 Å². The van der Waals surface area contributed by atoms with Crippen LogP contribution < -0.4 is 16.0 Å². The molecule has 0 radical (unpaired) electrons. The Bertz CT molecular complexity index is 1100. The Hall–Kier alpha value is -2.68. The van der Waals surface area contributed by atoms with E-state index < -0.39 is 5.82 Å². The van der Waals surface area contributed by atoms with Crippen molar-refractivity contribution in [3.05, 3.63) is 40.6 Å². The molecule has 4 rings (SSSR count). The van der Waals surface area contributed by atoms with Gasteiger partial charge in [0.05, 0.1) is 11.9 Å². The molecule has 0 aliphatic heterocycles. The van der Waals surface area contributed by atoms with Crippen LogP contribution in [0.4, 0.5) is 16.0 Å². The van der Waals surface area contributed by atoms with Crippen LogP contribution in [0.25, 0.3) is 22.4 Å². The lowest BCUT2D eigenvalue weighted by Gasteiger charge is -2.24. The number of rotatable bonds is 5. The highest BCUT2D eigenvalue weighted by Crippen LogP contribution is 2.33. The molecule has 1 aliphatic carbocycles. The number of fused-ring (bicyclic) bond motifs is 1. The number of aromatic nitrogens is 4. The van der Waals surface area contributed by atoms with E-state index in [0.29, 0.717) is 27.7 Å². The molecular formula is C19H21FN6OS. The van der Waals surface area contributed by atoms with E-state index in [1.54, 1.807) is 24.1 Å². The molecule has 9 heteroatoms. The van der Waals surface area contributed by atoms with Crippen LogP contribution in [-0.4, -0.2) is 24.8 Å². The summed E-state index contributed by atoms with van der Waals surface area (Å²) in [5.74, 6) is -0.350. The Kier molecular flexibility index (Phi) is 4.92. The number of nitrogens with zero attached hydrogens (tertiary/aromatic N) is 4. The van der Waals surface area contributed by atoms with Gasteiger partial charge in [0, 0.05) is 16.9 Å². The molecule has 1 aromatic carbocycles. The van der Waals surface area contributed by atoms with Crippen molar-refractivity contribution in [2.24, 2.45) is 0 Å². The number of anilines is 2. The molecule has 2 heterocycles. The van der Waals surface area contributed by atoms with E-state index in [4.69, 9.17) is 5.73 Å². The van der Waals surface area contributed by atoms with Crippen molar-refractivity contribution in [1.29, 1.82) is 0 Å². The molecule has 2 aromatic heterocycles. The largest absolute Gasteiger partial charge is 0.368 e. The summed E-state index contributed by atoms with van der Waals surface area (Å²) in [5.41, 5.74) is 7.10. The van der Waals surface area contributed by atoms with Gasteiger partial charge in [0.15, 0.2) is 5.65 Å². The van der Waals surface area contributed by atoms with E-state index in [-0.39, 0.29) is 23.2 Å². The maximum absolute atomic E-state index is 14.6. The summed E-state index contributed by atoms with van der Waals surface area (Å²) >= 11 is 1.55. The Morgan fingerprint density at radius 2 is 2.11 bits per heavy atom. The van der Waals surface area contributed by atoms with E-state index >= 15 is 0 Å². The molecule has 0 saturated heterocycles. The zero-order valence-corrected chi connectivity index (χ0v) is 16.5. The number of hydrogen-bond acceptors (Lipinski definition) is 7.